The Morgan fingerprint density at radius 2 is 1.70 bits per heavy atom. The number of hydrogen-bond donors (Lipinski definition) is 3. The van der Waals surface area contributed by atoms with Crippen molar-refractivity contribution in [2.45, 2.75) is 6.04 Å². The number of rotatable bonds is 4. The first-order valence-corrected chi connectivity index (χ1v) is 5.95. The molecule has 2 aromatic carbocycles. The second-order valence-corrected chi connectivity index (χ2v) is 4.21. The molecule has 0 unspecified atom stereocenters. The highest BCUT2D eigenvalue weighted by Crippen LogP contribution is 2.15. The van der Waals surface area contributed by atoms with Crippen LogP contribution >= 0.6 is 0 Å². The van der Waals surface area contributed by atoms with E-state index in [0.717, 1.165) is 0 Å². The van der Waals surface area contributed by atoms with Crippen molar-refractivity contribution >= 4 is 11.9 Å². The van der Waals surface area contributed by atoms with Crippen molar-refractivity contribution in [2.75, 3.05) is 0 Å². The number of benzene rings is 2. The molecule has 20 heavy (non-hydrogen) atoms. The Kier molecular flexibility index (Phi) is 4.00. The molecule has 5 nitrogen and oxygen atoms in total. The van der Waals surface area contributed by atoms with E-state index in [0.29, 0.717) is 5.56 Å². The van der Waals surface area contributed by atoms with Crippen LogP contribution in [0.25, 0.3) is 0 Å². The largest absolute Gasteiger partial charge is 0.508 e. The van der Waals surface area contributed by atoms with E-state index in [1.165, 1.54) is 24.3 Å². The molecule has 0 heterocycles. The monoisotopic (exact) mass is 271 g/mol. The average Bonchev–Trinajstić information content (AvgIpc) is 2.45. The minimum Gasteiger partial charge on any atom is -0.508 e. The maximum atomic E-state index is 12.0. The lowest BCUT2D eigenvalue weighted by molar-refractivity contribution is -0.139. The van der Waals surface area contributed by atoms with Crippen LogP contribution in [0.3, 0.4) is 0 Å². The van der Waals surface area contributed by atoms with E-state index >= 15 is 0 Å². The lowest BCUT2D eigenvalue weighted by atomic mass is 10.1. The Balaban J connectivity index is 2.21. The van der Waals surface area contributed by atoms with E-state index in [2.05, 4.69) is 5.32 Å². The zero-order valence-corrected chi connectivity index (χ0v) is 10.5. The van der Waals surface area contributed by atoms with Gasteiger partial charge >= 0.3 is 5.97 Å². The van der Waals surface area contributed by atoms with E-state index in [-0.39, 0.29) is 11.3 Å². The summed E-state index contributed by atoms with van der Waals surface area (Å²) in [4.78, 5) is 23.3. The van der Waals surface area contributed by atoms with Crippen molar-refractivity contribution in [3.63, 3.8) is 0 Å². The molecule has 0 aromatic heterocycles. The maximum absolute atomic E-state index is 12.0. The first-order valence-electron chi connectivity index (χ1n) is 5.95. The average molecular weight is 271 g/mol. The molecule has 2 rings (SSSR count). The van der Waals surface area contributed by atoms with Crippen LogP contribution in [0.2, 0.25) is 0 Å². The summed E-state index contributed by atoms with van der Waals surface area (Å²) in [6, 6.07) is 13.0. The van der Waals surface area contributed by atoms with Gasteiger partial charge in [-0.25, -0.2) is 4.79 Å². The molecule has 1 amide bonds. The molecule has 0 radical (unpaired) electrons. The Bertz CT molecular complexity index is 625. The molecule has 0 aliphatic rings. The van der Waals surface area contributed by atoms with E-state index in [1.54, 1.807) is 30.3 Å². The molecular weight excluding hydrogens is 258 g/mol. The van der Waals surface area contributed by atoms with Crippen molar-refractivity contribution in [3.05, 3.63) is 65.7 Å². The number of carboxylic acids is 1. The lowest BCUT2D eigenvalue weighted by Gasteiger charge is -2.15. The molecule has 0 aliphatic carbocycles. The molecular formula is C15H13NO4. The molecule has 0 saturated heterocycles. The van der Waals surface area contributed by atoms with Crippen LogP contribution in [0.1, 0.15) is 22.0 Å². The zero-order valence-electron chi connectivity index (χ0n) is 10.5. The molecule has 0 saturated carbocycles. The van der Waals surface area contributed by atoms with Crippen molar-refractivity contribution in [2.24, 2.45) is 0 Å². The summed E-state index contributed by atoms with van der Waals surface area (Å²) in [6.45, 7) is 0. The fourth-order valence-electron chi connectivity index (χ4n) is 1.79. The summed E-state index contributed by atoms with van der Waals surface area (Å²) < 4.78 is 0. The number of carboxylic acid groups (broad SMARTS) is 1. The third-order valence-corrected chi connectivity index (χ3v) is 2.76. The predicted octanol–water partition coefficient (Wildman–Crippen LogP) is 1.95. The first kappa shape index (κ1) is 13.6. The van der Waals surface area contributed by atoms with Crippen LogP contribution in [0.15, 0.2) is 54.6 Å². The van der Waals surface area contributed by atoms with Gasteiger partial charge in [-0.1, -0.05) is 36.4 Å². The number of phenolic OH excluding ortho intramolecular Hbond substituents is 1. The summed E-state index contributed by atoms with van der Waals surface area (Å²) in [5.74, 6) is -1.76. The van der Waals surface area contributed by atoms with E-state index in [1.807, 2.05) is 0 Å². The van der Waals surface area contributed by atoms with Gasteiger partial charge in [0.15, 0.2) is 6.04 Å². The molecule has 2 aromatic rings. The van der Waals surface area contributed by atoms with Gasteiger partial charge in [-0.05, 0) is 23.8 Å². The summed E-state index contributed by atoms with van der Waals surface area (Å²) in [6.07, 6.45) is 0. The first-order chi connectivity index (χ1) is 9.58. The van der Waals surface area contributed by atoms with Crippen LogP contribution < -0.4 is 5.32 Å². The maximum Gasteiger partial charge on any atom is 0.330 e. The van der Waals surface area contributed by atoms with Crippen LogP contribution in [-0.2, 0) is 4.79 Å². The minimum atomic E-state index is -1.15. The van der Waals surface area contributed by atoms with E-state index in [4.69, 9.17) is 0 Å². The number of amides is 1. The van der Waals surface area contributed by atoms with Gasteiger partial charge in [0.1, 0.15) is 5.75 Å². The fraction of sp³-hybridized carbons (Fsp3) is 0.0667. The van der Waals surface area contributed by atoms with Crippen molar-refractivity contribution in [1.82, 2.24) is 5.32 Å². The van der Waals surface area contributed by atoms with Crippen LogP contribution in [0, 0.1) is 0 Å². The number of aliphatic carboxylic acids is 1. The van der Waals surface area contributed by atoms with Gasteiger partial charge in [-0.2, -0.15) is 0 Å². The molecule has 102 valence electrons. The van der Waals surface area contributed by atoms with E-state index in [9.17, 15) is 19.8 Å². The Morgan fingerprint density at radius 3 is 2.30 bits per heavy atom. The van der Waals surface area contributed by atoms with Gasteiger partial charge in [-0.3, -0.25) is 4.79 Å². The van der Waals surface area contributed by atoms with Crippen LogP contribution in [-0.4, -0.2) is 22.1 Å². The van der Waals surface area contributed by atoms with Gasteiger partial charge in [-0.15, -0.1) is 0 Å². The molecule has 5 heteroatoms. The summed E-state index contributed by atoms with van der Waals surface area (Å²) in [5.41, 5.74) is 0.681. The molecule has 1 atom stereocenters. The Labute approximate surface area is 115 Å². The lowest BCUT2D eigenvalue weighted by Crippen LogP contribution is -2.33. The SMILES string of the molecule is O=C(N[C@@H](C(=O)O)c1ccccc1)c1cccc(O)c1. The minimum absolute atomic E-state index is 0.0516. The molecule has 3 N–H and O–H groups in total. The summed E-state index contributed by atoms with van der Waals surface area (Å²) >= 11 is 0. The molecule has 0 fully saturated rings. The summed E-state index contributed by atoms with van der Waals surface area (Å²) in [7, 11) is 0. The number of carbonyl (C=O) groups excluding carboxylic acids is 1. The highest BCUT2D eigenvalue weighted by molar-refractivity contribution is 5.97. The Morgan fingerprint density at radius 1 is 1.00 bits per heavy atom. The zero-order chi connectivity index (χ0) is 14.5. The van der Waals surface area contributed by atoms with Gasteiger partial charge < -0.3 is 15.5 Å². The third kappa shape index (κ3) is 3.14. The van der Waals surface area contributed by atoms with Gasteiger partial charge in [0, 0.05) is 5.56 Å². The van der Waals surface area contributed by atoms with Crippen molar-refractivity contribution < 1.29 is 19.8 Å². The number of carbonyl (C=O) groups is 2. The highest BCUT2D eigenvalue weighted by Gasteiger charge is 2.22. The third-order valence-electron chi connectivity index (χ3n) is 2.76. The number of nitrogens with one attached hydrogen (secondary N) is 1. The fourth-order valence-corrected chi connectivity index (χ4v) is 1.79. The van der Waals surface area contributed by atoms with Gasteiger partial charge in [0.2, 0.25) is 0 Å². The van der Waals surface area contributed by atoms with Crippen molar-refractivity contribution in [3.8, 4) is 5.75 Å². The topological polar surface area (TPSA) is 86.6 Å². The number of hydrogen-bond acceptors (Lipinski definition) is 3. The molecule has 0 spiro atoms. The quantitative estimate of drug-likeness (QED) is 0.793. The van der Waals surface area contributed by atoms with Crippen LogP contribution in [0.4, 0.5) is 0 Å². The molecule has 0 bridgehead atoms. The number of aromatic hydroxyl groups is 1. The highest BCUT2D eigenvalue weighted by atomic mass is 16.4. The summed E-state index contributed by atoms with van der Waals surface area (Å²) in [5, 5.41) is 21.0. The second kappa shape index (κ2) is 5.88. The predicted molar refractivity (Wildman–Crippen MR) is 72.4 cm³/mol. The second-order valence-electron chi connectivity index (χ2n) is 4.21. The smallest absolute Gasteiger partial charge is 0.330 e. The van der Waals surface area contributed by atoms with Crippen LogP contribution in [0.5, 0.6) is 5.75 Å². The molecule has 0 aliphatic heterocycles. The standard InChI is InChI=1S/C15H13NO4/c17-12-8-4-7-11(9-12)14(18)16-13(15(19)20)10-5-2-1-3-6-10/h1-9,13,17H,(H,16,18)(H,19,20)/t13-/m1/s1. The number of phenols is 1. The Hall–Kier alpha value is -2.82. The van der Waals surface area contributed by atoms with Gasteiger partial charge in [0.25, 0.3) is 5.91 Å². The van der Waals surface area contributed by atoms with Crippen molar-refractivity contribution in [1.29, 1.82) is 0 Å². The van der Waals surface area contributed by atoms with E-state index < -0.39 is 17.9 Å². The van der Waals surface area contributed by atoms with Gasteiger partial charge in [0.05, 0.1) is 0 Å². The normalized spacial score (nSPS) is 11.6.